The maximum atomic E-state index is 9.22. The van der Waals surface area contributed by atoms with Gasteiger partial charge in [-0.1, -0.05) is 36.4 Å². The van der Waals surface area contributed by atoms with E-state index in [1.165, 1.54) is 6.92 Å². The summed E-state index contributed by atoms with van der Waals surface area (Å²) < 4.78 is 0. The van der Waals surface area contributed by atoms with E-state index in [9.17, 15) is 4.79 Å². The molecule has 71 valence electrons. The molecule has 1 aromatic rings. The van der Waals surface area contributed by atoms with Gasteiger partial charge in [-0.2, -0.15) is 0 Å². The Morgan fingerprint density at radius 2 is 1.15 bits per heavy atom. The number of amides is 1. The van der Waals surface area contributed by atoms with Gasteiger partial charge in [0.2, 0.25) is 5.91 Å². The van der Waals surface area contributed by atoms with Gasteiger partial charge < -0.3 is 15.8 Å². The lowest BCUT2D eigenvalue weighted by atomic mass is 10.4. The molecule has 0 aliphatic heterocycles. The number of hydrogen-bond acceptors (Lipinski definition) is 3. The molecule has 4 N–H and O–H groups in total. The Morgan fingerprint density at radius 1 is 1.08 bits per heavy atom. The van der Waals surface area contributed by atoms with E-state index in [-0.39, 0.29) is 13.6 Å². The third-order valence-corrected chi connectivity index (χ3v) is 0.667. The molecular weight excluding hydrogens is 169 g/mol. The van der Waals surface area contributed by atoms with Gasteiger partial charge in [0.25, 0.3) is 0 Å². The van der Waals surface area contributed by atoms with Crippen molar-refractivity contribution in [1.29, 1.82) is 0 Å². The maximum absolute atomic E-state index is 9.22. The number of carbonyl (C=O) groups excluding carboxylic acids is 1. The minimum Gasteiger partial charge on any atom is -0.429 e. The van der Waals surface area contributed by atoms with E-state index in [4.69, 9.17) is 10.0 Å². The number of hydrogen-bond donors (Lipinski definition) is 3. The third-order valence-electron chi connectivity index (χ3n) is 0.667. The largest absolute Gasteiger partial charge is 0.482 e. The summed E-state index contributed by atoms with van der Waals surface area (Å²) in [6, 6.07) is 12.0. The van der Waals surface area contributed by atoms with Crippen LogP contribution in [-0.2, 0) is 4.79 Å². The molecule has 0 fully saturated rings. The standard InChI is InChI=1S/C6H6.C2H5NO.BH2O2/c1-2-4-6-5-3-1;1-2(3)4;2-1-3/h1-6H;1H3,(H2,3,4);2-3H. The van der Waals surface area contributed by atoms with Crippen LogP contribution in [0.3, 0.4) is 0 Å². The minimum atomic E-state index is -0.333. The molecule has 0 unspecified atom stereocenters. The average molecular weight is 182 g/mol. The molecule has 5 heteroatoms. The van der Waals surface area contributed by atoms with Crippen LogP contribution in [0.5, 0.6) is 0 Å². The van der Waals surface area contributed by atoms with Crippen LogP contribution >= 0.6 is 0 Å². The summed E-state index contributed by atoms with van der Waals surface area (Å²) in [4.78, 5) is 9.22. The highest BCUT2D eigenvalue weighted by molar-refractivity contribution is 6.13. The van der Waals surface area contributed by atoms with Gasteiger partial charge in [0, 0.05) is 6.92 Å². The van der Waals surface area contributed by atoms with E-state index in [2.05, 4.69) is 5.73 Å². The van der Waals surface area contributed by atoms with Crippen molar-refractivity contribution in [3.05, 3.63) is 36.4 Å². The van der Waals surface area contributed by atoms with Crippen molar-refractivity contribution in [2.24, 2.45) is 5.73 Å². The quantitative estimate of drug-likeness (QED) is 0.481. The van der Waals surface area contributed by atoms with Gasteiger partial charge in [-0.05, 0) is 0 Å². The Labute approximate surface area is 78.3 Å². The molecule has 1 aromatic carbocycles. The predicted molar refractivity (Wildman–Crippen MR) is 51.5 cm³/mol. The average Bonchev–Trinajstić information content (AvgIpc) is 2.08. The Morgan fingerprint density at radius 3 is 1.23 bits per heavy atom. The molecule has 0 aliphatic rings. The first-order valence-corrected chi connectivity index (χ1v) is 3.51. The highest BCUT2D eigenvalue weighted by Crippen LogP contribution is 1.79. The second-order valence-electron chi connectivity index (χ2n) is 1.88. The maximum Gasteiger partial charge on any atom is 0.482 e. The van der Waals surface area contributed by atoms with Crippen molar-refractivity contribution in [3.63, 3.8) is 0 Å². The first kappa shape index (κ1) is 14.2. The van der Waals surface area contributed by atoms with Gasteiger partial charge in [-0.25, -0.2) is 0 Å². The Hall–Kier alpha value is -1.33. The van der Waals surface area contributed by atoms with Crippen LogP contribution in [0.15, 0.2) is 36.4 Å². The summed E-state index contributed by atoms with van der Waals surface area (Å²) in [5.74, 6) is -0.333. The highest BCUT2D eigenvalue weighted by Gasteiger charge is 1.61. The zero-order chi connectivity index (χ0) is 10.5. The lowest BCUT2D eigenvalue weighted by Gasteiger charge is -1.69. The summed E-state index contributed by atoms with van der Waals surface area (Å²) >= 11 is 0. The smallest absolute Gasteiger partial charge is 0.429 e. The molecule has 1 radical (unpaired) electrons. The van der Waals surface area contributed by atoms with E-state index in [0.717, 1.165) is 0 Å². The number of carbonyl (C=O) groups is 1. The molecular formula is C8H13BNO3. The number of nitrogens with two attached hydrogens (primary N) is 1. The van der Waals surface area contributed by atoms with Crippen molar-refractivity contribution in [2.45, 2.75) is 6.92 Å². The Bertz CT molecular complexity index is 163. The monoisotopic (exact) mass is 182 g/mol. The normalized spacial score (nSPS) is 6.69. The van der Waals surface area contributed by atoms with Crippen LogP contribution in [0, 0.1) is 0 Å². The van der Waals surface area contributed by atoms with Gasteiger partial charge in [-0.3, -0.25) is 4.79 Å². The van der Waals surface area contributed by atoms with E-state index < -0.39 is 0 Å². The van der Waals surface area contributed by atoms with Crippen molar-refractivity contribution < 1.29 is 14.8 Å². The van der Waals surface area contributed by atoms with Crippen LogP contribution in [0.25, 0.3) is 0 Å². The van der Waals surface area contributed by atoms with Gasteiger partial charge in [0.05, 0.1) is 0 Å². The number of rotatable bonds is 0. The van der Waals surface area contributed by atoms with E-state index in [0.29, 0.717) is 0 Å². The number of primary amides is 1. The lowest BCUT2D eigenvalue weighted by molar-refractivity contribution is -0.115. The SMILES string of the molecule is CC(N)=O.O[B]O.c1ccccc1. The number of benzene rings is 1. The van der Waals surface area contributed by atoms with Gasteiger partial charge in [-0.15, -0.1) is 0 Å². The van der Waals surface area contributed by atoms with Gasteiger partial charge in [0.15, 0.2) is 0 Å². The summed E-state index contributed by atoms with van der Waals surface area (Å²) in [6.07, 6.45) is 0. The Balaban J connectivity index is 0. The van der Waals surface area contributed by atoms with Crippen molar-refractivity contribution >= 4 is 13.6 Å². The van der Waals surface area contributed by atoms with Crippen LogP contribution in [-0.4, -0.2) is 23.6 Å². The molecule has 1 amide bonds. The fraction of sp³-hybridized carbons (Fsp3) is 0.125. The predicted octanol–water partition coefficient (Wildman–Crippen LogP) is -0.317. The molecule has 0 heterocycles. The molecule has 0 saturated carbocycles. The molecule has 0 bridgehead atoms. The molecule has 4 nitrogen and oxygen atoms in total. The fourth-order valence-electron chi connectivity index (χ4n) is 0.385. The first-order valence-electron chi connectivity index (χ1n) is 3.51. The summed E-state index contributed by atoms with van der Waals surface area (Å²) in [6.45, 7) is 1.31. The zero-order valence-electron chi connectivity index (χ0n) is 7.42. The Kier molecular flexibility index (Phi) is 14.5. The van der Waals surface area contributed by atoms with E-state index in [1.807, 2.05) is 36.4 Å². The molecule has 0 aliphatic carbocycles. The summed E-state index contributed by atoms with van der Waals surface area (Å²) in [5.41, 5.74) is 4.47. The minimum absolute atomic E-state index is 0. The van der Waals surface area contributed by atoms with Crippen LogP contribution in [0.4, 0.5) is 0 Å². The van der Waals surface area contributed by atoms with Crippen molar-refractivity contribution in [2.75, 3.05) is 0 Å². The van der Waals surface area contributed by atoms with Gasteiger partial charge >= 0.3 is 7.69 Å². The van der Waals surface area contributed by atoms with Crippen molar-refractivity contribution in [3.8, 4) is 0 Å². The van der Waals surface area contributed by atoms with E-state index >= 15 is 0 Å². The third kappa shape index (κ3) is 36.8. The molecule has 0 saturated heterocycles. The molecule has 13 heavy (non-hydrogen) atoms. The lowest BCUT2D eigenvalue weighted by Crippen LogP contribution is -2.01. The molecule has 0 atom stereocenters. The summed E-state index contributed by atoms with van der Waals surface area (Å²) in [7, 11) is 0. The molecule has 0 spiro atoms. The van der Waals surface area contributed by atoms with Crippen LogP contribution in [0.2, 0.25) is 0 Å². The van der Waals surface area contributed by atoms with Crippen molar-refractivity contribution in [1.82, 2.24) is 0 Å². The first-order chi connectivity index (χ1) is 6.15. The molecule has 0 aromatic heterocycles. The van der Waals surface area contributed by atoms with Gasteiger partial charge in [0.1, 0.15) is 0 Å². The summed E-state index contributed by atoms with van der Waals surface area (Å²) in [5, 5.41) is 14.0. The second-order valence-corrected chi connectivity index (χ2v) is 1.88. The fourth-order valence-corrected chi connectivity index (χ4v) is 0.385. The molecule has 1 rings (SSSR count). The van der Waals surface area contributed by atoms with Crippen LogP contribution < -0.4 is 5.73 Å². The highest BCUT2D eigenvalue weighted by atomic mass is 16.4. The van der Waals surface area contributed by atoms with E-state index in [1.54, 1.807) is 0 Å². The van der Waals surface area contributed by atoms with Crippen LogP contribution in [0.1, 0.15) is 6.92 Å². The zero-order valence-corrected chi connectivity index (χ0v) is 7.42. The topological polar surface area (TPSA) is 83.6 Å². The second kappa shape index (κ2) is 13.3.